The molecule has 0 aliphatic rings. The van der Waals surface area contributed by atoms with Crippen LogP contribution in [0.5, 0.6) is 5.75 Å². The standard InChI is InChI=1S/C14H12N2O4/c17-10-12-3-6-14(9-15-12)20-8-7-11-1-4-13(5-2-11)16(18)19/h1-6,9-10H,7-8H2. The van der Waals surface area contributed by atoms with Gasteiger partial charge in [0.25, 0.3) is 5.69 Å². The topological polar surface area (TPSA) is 82.3 Å². The molecule has 0 fully saturated rings. The van der Waals surface area contributed by atoms with E-state index in [9.17, 15) is 14.9 Å². The Bertz CT molecular complexity index is 594. The van der Waals surface area contributed by atoms with Gasteiger partial charge in [0.1, 0.15) is 11.4 Å². The lowest BCUT2D eigenvalue weighted by atomic mass is 10.1. The van der Waals surface area contributed by atoms with Crippen LogP contribution in [0, 0.1) is 10.1 Å². The van der Waals surface area contributed by atoms with Crippen molar-refractivity contribution in [3.63, 3.8) is 0 Å². The Morgan fingerprint density at radius 2 is 1.95 bits per heavy atom. The predicted molar refractivity (Wildman–Crippen MR) is 71.9 cm³/mol. The maximum Gasteiger partial charge on any atom is 0.269 e. The molecule has 0 unspecified atom stereocenters. The molecular formula is C14H12N2O4. The number of hydrogen-bond acceptors (Lipinski definition) is 5. The summed E-state index contributed by atoms with van der Waals surface area (Å²) in [5.41, 5.74) is 1.38. The summed E-state index contributed by atoms with van der Waals surface area (Å²) in [5.74, 6) is 0.581. The summed E-state index contributed by atoms with van der Waals surface area (Å²) in [6, 6.07) is 9.59. The Morgan fingerprint density at radius 1 is 1.20 bits per heavy atom. The summed E-state index contributed by atoms with van der Waals surface area (Å²) in [7, 11) is 0. The minimum atomic E-state index is -0.430. The summed E-state index contributed by atoms with van der Waals surface area (Å²) >= 11 is 0. The number of hydrogen-bond donors (Lipinski definition) is 0. The Balaban J connectivity index is 1.85. The molecule has 0 spiro atoms. The minimum Gasteiger partial charge on any atom is -0.492 e. The van der Waals surface area contributed by atoms with Crippen molar-refractivity contribution in [3.05, 3.63) is 64.0 Å². The number of rotatable bonds is 6. The fourth-order valence-electron chi connectivity index (χ4n) is 1.62. The van der Waals surface area contributed by atoms with Gasteiger partial charge in [0.2, 0.25) is 0 Å². The highest BCUT2D eigenvalue weighted by Crippen LogP contribution is 2.13. The third kappa shape index (κ3) is 3.61. The highest BCUT2D eigenvalue weighted by atomic mass is 16.6. The van der Waals surface area contributed by atoms with Crippen LogP contribution in [-0.4, -0.2) is 22.8 Å². The fraction of sp³-hybridized carbons (Fsp3) is 0.143. The molecule has 0 bridgehead atoms. The van der Waals surface area contributed by atoms with E-state index in [2.05, 4.69) is 4.98 Å². The van der Waals surface area contributed by atoms with Gasteiger partial charge in [0, 0.05) is 18.6 Å². The van der Waals surface area contributed by atoms with Gasteiger partial charge in [0.15, 0.2) is 6.29 Å². The van der Waals surface area contributed by atoms with E-state index in [1.54, 1.807) is 24.3 Å². The van der Waals surface area contributed by atoms with E-state index in [0.717, 1.165) is 5.56 Å². The number of carbonyl (C=O) groups is 1. The molecule has 20 heavy (non-hydrogen) atoms. The zero-order valence-corrected chi connectivity index (χ0v) is 10.6. The normalized spacial score (nSPS) is 10.0. The molecular weight excluding hydrogens is 260 g/mol. The fourth-order valence-corrected chi connectivity index (χ4v) is 1.62. The SMILES string of the molecule is O=Cc1ccc(OCCc2ccc([N+](=O)[O-])cc2)cn1. The molecule has 6 nitrogen and oxygen atoms in total. The molecule has 0 aliphatic heterocycles. The molecule has 0 radical (unpaired) electrons. The highest BCUT2D eigenvalue weighted by Gasteiger charge is 2.04. The number of nitro benzene ring substituents is 1. The van der Waals surface area contributed by atoms with Crippen LogP contribution in [0.1, 0.15) is 16.1 Å². The van der Waals surface area contributed by atoms with Crippen LogP contribution >= 0.6 is 0 Å². The Kier molecular flexibility index (Phi) is 4.39. The van der Waals surface area contributed by atoms with Crippen LogP contribution in [0.25, 0.3) is 0 Å². The Hall–Kier alpha value is -2.76. The number of carbonyl (C=O) groups excluding carboxylic acids is 1. The van der Waals surface area contributed by atoms with Gasteiger partial charge in [-0.15, -0.1) is 0 Å². The van der Waals surface area contributed by atoms with Crippen LogP contribution in [0.15, 0.2) is 42.6 Å². The number of nitro groups is 1. The molecule has 0 atom stereocenters. The van der Waals surface area contributed by atoms with Crippen molar-refractivity contribution in [2.24, 2.45) is 0 Å². The van der Waals surface area contributed by atoms with Crippen LogP contribution in [-0.2, 0) is 6.42 Å². The summed E-state index contributed by atoms with van der Waals surface area (Å²) in [6.07, 6.45) is 2.79. The second-order valence-electron chi connectivity index (χ2n) is 4.06. The molecule has 6 heteroatoms. The van der Waals surface area contributed by atoms with Crippen LogP contribution in [0.4, 0.5) is 5.69 Å². The molecule has 0 amide bonds. The van der Waals surface area contributed by atoms with Crippen LogP contribution < -0.4 is 4.74 Å². The van der Waals surface area contributed by atoms with Crippen molar-refractivity contribution in [2.75, 3.05) is 6.61 Å². The molecule has 0 N–H and O–H groups in total. The van der Waals surface area contributed by atoms with Crippen molar-refractivity contribution in [2.45, 2.75) is 6.42 Å². The largest absolute Gasteiger partial charge is 0.492 e. The van der Waals surface area contributed by atoms with E-state index in [-0.39, 0.29) is 5.69 Å². The quantitative estimate of drug-likeness (QED) is 0.458. The van der Waals surface area contributed by atoms with Gasteiger partial charge < -0.3 is 4.74 Å². The number of non-ortho nitro benzene ring substituents is 1. The maximum atomic E-state index is 10.5. The number of aromatic nitrogens is 1. The highest BCUT2D eigenvalue weighted by molar-refractivity contribution is 5.71. The van der Waals surface area contributed by atoms with Gasteiger partial charge in [0.05, 0.1) is 17.7 Å². The average Bonchev–Trinajstić information content (AvgIpc) is 2.48. The van der Waals surface area contributed by atoms with E-state index in [0.29, 0.717) is 30.8 Å². The lowest BCUT2D eigenvalue weighted by Gasteiger charge is -2.05. The first kappa shape index (κ1) is 13.7. The zero-order chi connectivity index (χ0) is 14.4. The lowest BCUT2D eigenvalue weighted by Crippen LogP contribution is -2.02. The molecule has 0 saturated heterocycles. The molecule has 2 aromatic rings. The first-order chi connectivity index (χ1) is 9.69. The van der Waals surface area contributed by atoms with E-state index in [4.69, 9.17) is 4.74 Å². The van der Waals surface area contributed by atoms with Gasteiger partial charge in [-0.3, -0.25) is 14.9 Å². The van der Waals surface area contributed by atoms with Gasteiger partial charge in [-0.1, -0.05) is 12.1 Å². The third-order valence-electron chi connectivity index (χ3n) is 2.69. The monoisotopic (exact) mass is 272 g/mol. The van der Waals surface area contributed by atoms with Crippen LogP contribution in [0.3, 0.4) is 0 Å². The Morgan fingerprint density at radius 3 is 2.50 bits per heavy atom. The van der Waals surface area contributed by atoms with Gasteiger partial charge in [-0.25, -0.2) is 4.98 Å². The van der Waals surface area contributed by atoms with E-state index < -0.39 is 4.92 Å². The Labute approximate surface area is 115 Å². The van der Waals surface area contributed by atoms with E-state index in [1.807, 2.05) is 0 Å². The number of aldehydes is 1. The van der Waals surface area contributed by atoms with Crippen molar-refractivity contribution < 1.29 is 14.5 Å². The summed E-state index contributed by atoms with van der Waals surface area (Å²) < 4.78 is 5.47. The first-order valence-corrected chi connectivity index (χ1v) is 5.96. The molecule has 102 valence electrons. The molecule has 1 aromatic carbocycles. The summed E-state index contributed by atoms with van der Waals surface area (Å²) in [6.45, 7) is 0.430. The third-order valence-corrected chi connectivity index (χ3v) is 2.69. The number of nitrogens with zero attached hydrogens (tertiary/aromatic N) is 2. The summed E-state index contributed by atoms with van der Waals surface area (Å²) in [4.78, 5) is 24.4. The molecule has 0 saturated carbocycles. The minimum absolute atomic E-state index is 0.0725. The number of benzene rings is 1. The molecule has 1 heterocycles. The molecule has 1 aromatic heterocycles. The second-order valence-corrected chi connectivity index (χ2v) is 4.06. The van der Waals surface area contributed by atoms with E-state index >= 15 is 0 Å². The van der Waals surface area contributed by atoms with Crippen molar-refractivity contribution in [3.8, 4) is 5.75 Å². The second kappa shape index (κ2) is 6.42. The molecule has 2 rings (SSSR count). The lowest BCUT2D eigenvalue weighted by molar-refractivity contribution is -0.384. The van der Waals surface area contributed by atoms with Gasteiger partial charge >= 0.3 is 0 Å². The van der Waals surface area contributed by atoms with Gasteiger partial charge in [-0.05, 0) is 17.7 Å². The summed E-state index contributed by atoms with van der Waals surface area (Å²) in [5, 5.41) is 10.5. The first-order valence-electron chi connectivity index (χ1n) is 5.96. The van der Waals surface area contributed by atoms with Crippen molar-refractivity contribution >= 4 is 12.0 Å². The van der Waals surface area contributed by atoms with E-state index in [1.165, 1.54) is 18.3 Å². The van der Waals surface area contributed by atoms with Crippen molar-refractivity contribution in [1.82, 2.24) is 4.98 Å². The van der Waals surface area contributed by atoms with Crippen molar-refractivity contribution in [1.29, 1.82) is 0 Å². The maximum absolute atomic E-state index is 10.5. The average molecular weight is 272 g/mol. The zero-order valence-electron chi connectivity index (χ0n) is 10.6. The number of pyridine rings is 1. The smallest absolute Gasteiger partial charge is 0.269 e. The number of ether oxygens (including phenoxy) is 1. The van der Waals surface area contributed by atoms with Gasteiger partial charge in [-0.2, -0.15) is 0 Å². The van der Waals surface area contributed by atoms with Crippen LogP contribution in [0.2, 0.25) is 0 Å². The molecule has 0 aliphatic carbocycles. The predicted octanol–water partition coefficient (Wildman–Crippen LogP) is 2.42.